The first-order chi connectivity index (χ1) is 8.27. The fourth-order valence-electron chi connectivity index (χ4n) is 1.45. The number of carbonyl (C=O) groups is 1. The van der Waals surface area contributed by atoms with Gasteiger partial charge in [0.05, 0.1) is 12.5 Å². The third kappa shape index (κ3) is 2.83. The predicted octanol–water partition coefficient (Wildman–Crippen LogP) is 0.00850. The summed E-state index contributed by atoms with van der Waals surface area (Å²) in [5.74, 6) is 0.0824. The lowest BCUT2D eigenvalue weighted by Gasteiger charge is -2.04. The van der Waals surface area contributed by atoms with Gasteiger partial charge in [-0.15, -0.1) is 0 Å². The molecule has 0 aromatic carbocycles. The number of rotatable bonds is 5. The Kier molecular flexibility index (Phi) is 3.39. The molecule has 2 aromatic rings. The van der Waals surface area contributed by atoms with E-state index in [0.29, 0.717) is 12.1 Å². The Bertz CT molecular complexity index is 475. The summed E-state index contributed by atoms with van der Waals surface area (Å²) in [7, 11) is 0. The molecule has 2 aromatic heterocycles. The zero-order valence-corrected chi connectivity index (χ0v) is 9.26. The van der Waals surface area contributed by atoms with Gasteiger partial charge in [0.15, 0.2) is 0 Å². The van der Waals surface area contributed by atoms with Gasteiger partial charge in [-0.3, -0.25) is 9.89 Å². The van der Waals surface area contributed by atoms with Crippen LogP contribution < -0.4 is 11.1 Å². The summed E-state index contributed by atoms with van der Waals surface area (Å²) in [6, 6.07) is 0. The number of H-pyrrole nitrogens is 1. The number of hydrogen-bond acceptors (Lipinski definition) is 4. The molecule has 0 fully saturated rings. The van der Waals surface area contributed by atoms with Gasteiger partial charge in [0.2, 0.25) is 0 Å². The van der Waals surface area contributed by atoms with Gasteiger partial charge in [-0.2, -0.15) is 5.10 Å². The molecule has 0 saturated carbocycles. The van der Waals surface area contributed by atoms with Crippen LogP contribution in [-0.2, 0) is 6.54 Å². The average Bonchev–Trinajstić information content (AvgIpc) is 2.95. The van der Waals surface area contributed by atoms with Crippen molar-refractivity contribution in [3.63, 3.8) is 0 Å². The van der Waals surface area contributed by atoms with E-state index < -0.39 is 0 Å². The van der Waals surface area contributed by atoms with Crippen LogP contribution in [0.5, 0.6) is 0 Å². The van der Waals surface area contributed by atoms with E-state index in [1.54, 1.807) is 12.5 Å². The number of nitrogen functional groups attached to an aromatic ring is 1. The van der Waals surface area contributed by atoms with Crippen LogP contribution in [0, 0.1) is 0 Å². The van der Waals surface area contributed by atoms with E-state index >= 15 is 0 Å². The van der Waals surface area contributed by atoms with Crippen molar-refractivity contribution in [1.82, 2.24) is 25.1 Å². The molecule has 0 aliphatic carbocycles. The molecule has 0 aliphatic heterocycles. The molecule has 1 amide bonds. The largest absolute Gasteiger partial charge is 0.383 e. The quantitative estimate of drug-likeness (QED) is 0.634. The van der Waals surface area contributed by atoms with E-state index in [9.17, 15) is 4.79 Å². The average molecular weight is 234 g/mol. The highest BCUT2D eigenvalue weighted by Crippen LogP contribution is 2.04. The van der Waals surface area contributed by atoms with Gasteiger partial charge >= 0.3 is 0 Å². The first-order valence-electron chi connectivity index (χ1n) is 5.30. The zero-order chi connectivity index (χ0) is 12.1. The number of anilines is 1. The summed E-state index contributed by atoms with van der Waals surface area (Å²) < 4.78 is 1.96. The molecule has 90 valence electrons. The SMILES string of the molecule is Nc1[nH]ncc1C(=O)NCCCn1ccnc1. The van der Waals surface area contributed by atoms with Crippen molar-refractivity contribution in [2.75, 3.05) is 12.3 Å². The Morgan fingerprint density at radius 2 is 2.47 bits per heavy atom. The number of nitrogens with zero attached hydrogens (tertiary/aromatic N) is 3. The third-order valence-corrected chi connectivity index (χ3v) is 2.35. The standard InChI is InChI=1S/C10H14N6O/c11-9-8(6-14-15-9)10(17)13-2-1-4-16-5-3-12-7-16/h3,5-7H,1-2,4H2,(H,13,17)(H3,11,14,15). The highest BCUT2D eigenvalue weighted by Gasteiger charge is 2.10. The van der Waals surface area contributed by atoms with Gasteiger partial charge in [0.25, 0.3) is 5.91 Å². The van der Waals surface area contributed by atoms with Gasteiger partial charge in [0.1, 0.15) is 11.4 Å². The van der Waals surface area contributed by atoms with Crippen LogP contribution in [0.4, 0.5) is 5.82 Å². The third-order valence-electron chi connectivity index (χ3n) is 2.35. The molecule has 0 unspecified atom stereocenters. The van der Waals surface area contributed by atoms with Crippen molar-refractivity contribution in [3.8, 4) is 0 Å². The Labute approximate surface area is 98.0 Å². The number of aromatic nitrogens is 4. The van der Waals surface area contributed by atoms with Crippen LogP contribution in [0.15, 0.2) is 24.9 Å². The summed E-state index contributed by atoms with van der Waals surface area (Å²) in [6.07, 6.45) is 7.61. The lowest BCUT2D eigenvalue weighted by Crippen LogP contribution is -2.25. The van der Waals surface area contributed by atoms with Crippen LogP contribution in [0.3, 0.4) is 0 Å². The van der Waals surface area contributed by atoms with E-state index in [1.807, 2.05) is 10.8 Å². The second kappa shape index (κ2) is 5.15. The molecular formula is C10H14N6O. The summed E-state index contributed by atoms with van der Waals surface area (Å²) in [4.78, 5) is 15.6. The van der Waals surface area contributed by atoms with Crippen LogP contribution in [-0.4, -0.2) is 32.2 Å². The Morgan fingerprint density at radius 3 is 3.12 bits per heavy atom. The van der Waals surface area contributed by atoms with Crippen LogP contribution in [0.25, 0.3) is 0 Å². The summed E-state index contributed by atoms with van der Waals surface area (Å²) in [5, 5.41) is 8.98. The predicted molar refractivity (Wildman–Crippen MR) is 62.2 cm³/mol. The van der Waals surface area contributed by atoms with E-state index in [4.69, 9.17) is 5.73 Å². The van der Waals surface area contributed by atoms with Crippen molar-refractivity contribution in [1.29, 1.82) is 0 Å². The Morgan fingerprint density at radius 1 is 1.59 bits per heavy atom. The number of nitrogens with one attached hydrogen (secondary N) is 2. The maximum atomic E-state index is 11.6. The molecule has 0 saturated heterocycles. The number of aromatic amines is 1. The zero-order valence-electron chi connectivity index (χ0n) is 9.26. The molecule has 0 atom stereocenters. The molecular weight excluding hydrogens is 220 g/mol. The van der Waals surface area contributed by atoms with Crippen molar-refractivity contribution < 1.29 is 4.79 Å². The highest BCUT2D eigenvalue weighted by atomic mass is 16.1. The molecule has 17 heavy (non-hydrogen) atoms. The maximum absolute atomic E-state index is 11.6. The molecule has 0 radical (unpaired) electrons. The van der Waals surface area contributed by atoms with E-state index in [-0.39, 0.29) is 11.7 Å². The fraction of sp³-hybridized carbons (Fsp3) is 0.300. The molecule has 2 rings (SSSR count). The second-order valence-corrected chi connectivity index (χ2v) is 3.61. The van der Waals surface area contributed by atoms with Crippen LogP contribution >= 0.6 is 0 Å². The van der Waals surface area contributed by atoms with Gasteiger partial charge in [-0.25, -0.2) is 4.98 Å². The highest BCUT2D eigenvalue weighted by molar-refractivity contribution is 5.97. The van der Waals surface area contributed by atoms with E-state index in [0.717, 1.165) is 13.0 Å². The van der Waals surface area contributed by atoms with Crippen LogP contribution in [0.2, 0.25) is 0 Å². The normalized spacial score (nSPS) is 10.4. The number of hydrogen-bond donors (Lipinski definition) is 3. The van der Waals surface area contributed by atoms with Crippen molar-refractivity contribution >= 4 is 11.7 Å². The van der Waals surface area contributed by atoms with Crippen molar-refractivity contribution in [3.05, 3.63) is 30.5 Å². The van der Waals surface area contributed by atoms with E-state index in [2.05, 4.69) is 20.5 Å². The smallest absolute Gasteiger partial charge is 0.256 e. The topological polar surface area (TPSA) is 102 Å². The molecule has 0 bridgehead atoms. The Hall–Kier alpha value is -2.31. The van der Waals surface area contributed by atoms with Crippen LogP contribution in [0.1, 0.15) is 16.8 Å². The number of amides is 1. The van der Waals surface area contributed by atoms with Gasteiger partial charge in [-0.05, 0) is 6.42 Å². The number of imidazole rings is 1. The lowest BCUT2D eigenvalue weighted by molar-refractivity contribution is 0.0953. The summed E-state index contributed by atoms with van der Waals surface area (Å²) in [6.45, 7) is 1.41. The first-order valence-corrected chi connectivity index (χ1v) is 5.30. The van der Waals surface area contributed by atoms with Gasteiger partial charge in [-0.1, -0.05) is 0 Å². The minimum Gasteiger partial charge on any atom is -0.383 e. The molecule has 2 heterocycles. The fourth-order valence-corrected chi connectivity index (χ4v) is 1.45. The summed E-state index contributed by atoms with van der Waals surface area (Å²) in [5.41, 5.74) is 5.91. The van der Waals surface area contributed by atoms with Gasteiger partial charge < -0.3 is 15.6 Å². The maximum Gasteiger partial charge on any atom is 0.256 e. The molecule has 0 aliphatic rings. The minimum absolute atomic E-state index is 0.207. The number of nitrogens with two attached hydrogens (primary N) is 1. The molecule has 0 spiro atoms. The Balaban J connectivity index is 1.72. The minimum atomic E-state index is -0.207. The van der Waals surface area contributed by atoms with Crippen molar-refractivity contribution in [2.45, 2.75) is 13.0 Å². The number of aryl methyl sites for hydroxylation is 1. The molecule has 4 N–H and O–H groups in total. The first kappa shape index (κ1) is 11.2. The second-order valence-electron chi connectivity index (χ2n) is 3.61. The molecule has 7 heteroatoms. The monoisotopic (exact) mass is 234 g/mol. The van der Waals surface area contributed by atoms with Gasteiger partial charge in [0, 0.05) is 25.5 Å². The van der Waals surface area contributed by atoms with E-state index in [1.165, 1.54) is 6.20 Å². The number of carbonyl (C=O) groups excluding carboxylic acids is 1. The lowest BCUT2D eigenvalue weighted by atomic mass is 10.3. The molecule has 7 nitrogen and oxygen atoms in total. The summed E-state index contributed by atoms with van der Waals surface area (Å²) >= 11 is 0. The van der Waals surface area contributed by atoms with Crippen molar-refractivity contribution in [2.24, 2.45) is 0 Å².